The van der Waals surface area contributed by atoms with Crippen LogP contribution < -0.4 is 5.73 Å². The first-order valence-electron chi connectivity index (χ1n) is 6.62. The van der Waals surface area contributed by atoms with Gasteiger partial charge in [-0.15, -0.1) is 0 Å². The topological polar surface area (TPSA) is 56.7 Å². The van der Waals surface area contributed by atoms with E-state index < -0.39 is 0 Å². The van der Waals surface area contributed by atoms with Crippen molar-refractivity contribution >= 4 is 28.5 Å². The zero-order valence-electron chi connectivity index (χ0n) is 10.8. The SMILES string of the molecule is Nc1ccc(-c2nc3cccnc3n2C2CC2)c(Cl)c1. The number of aromatic nitrogens is 3. The van der Waals surface area contributed by atoms with Crippen molar-refractivity contribution in [3.63, 3.8) is 0 Å². The third-order valence-corrected chi connectivity index (χ3v) is 3.91. The van der Waals surface area contributed by atoms with Gasteiger partial charge in [0.05, 0.1) is 5.02 Å². The zero-order valence-corrected chi connectivity index (χ0v) is 11.5. The Kier molecular flexibility index (Phi) is 2.47. The molecule has 0 aliphatic heterocycles. The molecule has 100 valence electrons. The maximum Gasteiger partial charge on any atom is 0.160 e. The molecule has 0 saturated heterocycles. The highest BCUT2D eigenvalue weighted by Crippen LogP contribution is 2.42. The number of nitrogen functional groups attached to an aromatic ring is 1. The number of halogens is 1. The van der Waals surface area contributed by atoms with Gasteiger partial charge in [0, 0.05) is 23.5 Å². The molecular formula is C15H13ClN4. The van der Waals surface area contributed by atoms with E-state index >= 15 is 0 Å². The smallest absolute Gasteiger partial charge is 0.160 e. The van der Waals surface area contributed by atoms with E-state index in [1.807, 2.05) is 24.3 Å². The van der Waals surface area contributed by atoms with Crippen LogP contribution in [0.2, 0.25) is 5.02 Å². The Labute approximate surface area is 121 Å². The quantitative estimate of drug-likeness (QED) is 0.731. The largest absolute Gasteiger partial charge is 0.399 e. The standard InChI is InChI=1S/C15H13ClN4/c16-12-8-9(17)3-6-11(12)14-19-13-2-1-7-18-15(13)20(14)10-4-5-10/h1-3,6-8,10H,4-5,17H2. The van der Waals surface area contributed by atoms with Crippen molar-refractivity contribution in [3.05, 3.63) is 41.6 Å². The Hall–Kier alpha value is -2.07. The number of pyridine rings is 1. The lowest BCUT2D eigenvalue weighted by Crippen LogP contribution is -1.99. The van der Waals surface area contributed by atoms with E-state index in [-0.39, 0.29) is 0 Å². The van der Waals surface area contributed by atoms with E-state index in [1.54, 1.807) is 12.3 Å². The van der Waals surface area contributed by atoms with E-state index in [9.17, 15) is 0 Å². The second kappa shape index (κ2) is 4.21. The molecule has 4 nitrogen and oxygen atoms in total. The van der Waals surface area contributed by atoms with Gasteiger partial charge in [0.25, 0.3) is 0 Å². The molecule has 0 amide bonds. The molecule has 20 heavy (non-hydrogen) atoms. The van der Waals surface area contributed by atoms with Crippen LogP contribution in [0.25, 0.3) is 22.6 Å². The van der Waals surface area contributed by atoms with Crippen molar-refractivity contribution in [2.45, 2.75) is 18.9 Å². The molecule has 3 aromatic rings. The highest BCUT2D eigenvalue weighted by atomic mass is 35.5. The highest BCUT2D eigenvalue weighted by Gasteiger charge is 2.29. The lowest BCUT2D eigenvalue weighted by Gasteiger charge is -2.08. The minimum absolute atomic E-state index is 0.485. The van der Waals surface area contributed by atoms with Gasteiger partial charge in [0.2, 0.25) is 0 Å². The molecule has 1 aliphatic rings. The summed E-state index contributed by atoms with van der Waals surface area (Å²) in [5.41, 5.74) is 9.17. The molecule has 0 atom stereocenters. The minimum Gasteiger partial charge on any atom is -0.399 e. The van der Waals surface area contributed by atoms with E-state index in [0.29, 0.717) is 16.8 Å². The first kappa shape index (κ1) is 11.7. The molecule has 0 radical (unpaired) electrons. The zero-order chi connectivity index (χ0) is 13.7. The fourth-order valence-corrected chi connectivity index (χ4v) is 2.78. The van der Waals surface area contributed by atoms with Crippen LogP contribution in [0.3, 0.4) is 0 Å². The fraction of sp³-hybridized carbons (Fsp3) is 0.200. The van der Waals surface area contributed by atoms with Gasteiger partial charge in [-0.3, -0.25) is 0 Å². The molecule has 0 bridgehead atoms. The van der Waals surface area contributed by atoms with Crippen LogP contribution in [0.4, 0.5) is 5.69 Å². The summed E-state index contributed by atoms with van der Waals surface area (Å²) in [6.07, 6.45) is 4.14. The third-order valence-electron chi connectivity index (χ3n) is 3.59. The maximum absolute atomic E-state index is 6.33. The van der Waals surface area contributed by atoms with E-state index in [4.69, 9.17) is 22.3 Å². The molecule has 0 unspecified atom stereocenters. The summed E-state index contributed by atoms with van der Waals surface area (Å²) in [6, 6.07) is 9.92. The Bertz CT molecular complexity index is 805. The van der Waals surface area contributed by atoms with Crippen LogP contribution in [-0.2, 0) is 0 Å². The Morgan fingerprint density at radius 3 is 2.85 bits per heavy atom. The number of nitrogens with two attached hydrogens (primary N) is 1. The Morgan fingerprint density at radius 2 is 2.10 bits per heavy atom. The number of imidazole rings is 1. The predicted molar refractivity (Wildman–Crippen MR) is 80.7 cm³/mol. The summed E-state index contributed by atoms with van der Waals surface area (Å²) in [7, 11) is 0. The number of benzene rings is 1. The van der Waals surface area contributed by atoms with E-state index in [1.165, 1.54) is 12.8 Å². The lowest BCUT2D eigenvalue weighted by atomic mass is 10.2. The number of hydrogen-bond acceptors (Lipinski definition) is 3. The van der Waals surface area contributed by atoms with Crippen molar-refractivity contribution in [1.82, 2.24) is 14.5 Å². The van der Waals surface area contributed by atoms with Crippen molar-refractivity contribution in [3.8, 4) is 11.4 Å². The highest BCUT2D eigenvalue weighted by molar-refractivity contribution is 6.33. The summed E-state index contributed by atoms with van der Waals surface area (Å²) in [5.74, 6) is 0.881. The Morgan fingerprint density at radius 1 is 1.25 bits per heavy atom. The van der Waals surface area contributed by atoms with E-state index in [2.05, 4.69) is 9.55 Å². The van der Waals surface area contributed by atoms with Gasteiger partial charge in [-0.2, -0.15) is 0 Å². The van der Waals surface area contributed by atoms with E-state index in [0.717, 1.165) is 22.6 Å². The molecule has 1 fully saturated rings. The third kappa shape index (κ3) is 1.76. The Balaban J connectivity index is 2.01. The van der Waals surface area contributed by atoms with Crippen LogP contribution >= 0.6 is 11.6 Å². The number of anilines is 1. The van der Waals surface area contributed by atoms with Crippen LogP contribution in [0.1, 0.15) is 18.9 Å². The molecule has 2 aromatic heterocycles. The number of hydrogen-bond donors (Lipinski definition) is 1. The van der Waals surface area contributed by atoms with Gasteiger partial charge in [-0.25, -0.2) is 9.97 Å². The molecule has 4 rings (SSSR count). The number of nitrogens with zero attached hydrogens (tertiary/aromatic N) is 3. The minimum atomic E-state index is 0.485. The second-order valence-corrected chi connectivity index (χ2v) is 5.53. The number of fused-ring (bicyclic) bond motifs is 1. The predicted octanol–water partition coefficient (Wildman–Crippen LogP) is 3.67. The van der Waals surface area contributed by atoms with Crippen molar-refractivity contribution in [2.75, 3.05) is 5.73 Å². The van der Waals surface area contributed by atoms with Crippen LogP contribution in [0.15, 0.2) is 36.5 Å². The van der Waals surface area contributed by atoms with Crippen molar-refractivity contribution in [2.24, 2.45) is 0 Å². The van der Waals surface area contributed by atoms with Gasteiger partial charge in [-0.05, 0) is 43.2 Å². The summed E-state index contributed by atoms with van der Waals surface area (Å²) in [4.78, 5) is 9.18. The van der Waals surface area contributed by atoms with Crippen LogP contribution in [0, 0.1) is 0 Å². The summed E-state index contributed by atoms with van der Waals surface area (Å²) in [6.45, 7) is 0. The lowest BCUT2D eigenvalue weighted by molar-refractivity contribution is 0.766. The van der Waals surface area contributed by atoms with Gasteiger partial charge in [0.1, 0.15) is 11.3 Å². The average Bonchev–Trinajstić information content (AvgIpc) is 3.19. The normalized spacial score (nSPS) is 14.8. The summed E-state index contributed by atoms with van der Waals surface area (Å²) < 4.78 is 2.20. The molecular weight excluding hydrogens is 272 g/mol. The number of rotatable bonds is 2. The molecule has 1 aromatic carbocycles. The first-order chi connectivity index (χ1) is 9.74. The van der Waals surface area contributed by atoms with Crippen LogP contribution in [0.5, 0.6) is 0 Å². The van der Waals surface area contributed by atoms with Crippen LogP contribution in [-0.4, -0.2) is 14.5 Å². The first-order valence-corrected chi connectivity index (χ1v) is 7.00. The maximum atomic E-state index is 6.33. The second-order valence-electron chi connectivity index (χ2n) is 5.12. The van der Waals surface area contributed by atoms with Gasteiger partial charge < -0.3 is 10.3 Å². The summed E-state index contributed by atoms with van der Waals surface area (Å²) >= 11 is 6.33. The van der Waals surface area contributed by atoms with Gasteiger partial charge >= 0.3 is 0 Å². The molecule has 1 aliphatic carbocycles. The molecule has 5 heteroatoms. The fourth-order valence-electron chi connectivity index (χ4n) is 2.51. The monoisotopic (exact) mass is 284 g/mol. The summed E-state index contributed by atoms with van der Waals surface area (Å²) in [5, 5.41) is 0.627. The van der Waals surface area contributed by atoms with Crippen molar-refractivity contribution in [1.29, 1.82) is 0 Å². The molecule has 0 spiro atoms. The molecule has 2 heterocycles. The average molecular weight is 285 g/mol. The van der Waals surface area contributed by atoms with Gasteiger partial charge in [-0.1, -0.05) is 11.6 Å². The van der Waals surface area contributed by atoms with Gasteiger partial charge in [0.15, 0.2) is 5.65 Å². The van der Waals surface area contributed by atoms with Crippen molar-refractivity contribution < 1.29 is 0 Å². The molecule has 2 N–H and O–H groups in total. The molecule has 1 saturated carbocycles.